The number of hydrogen-bond acceptors (Lipinski definition) is 4. The quantitative estimate of drug-likeness (QED) is 0.612. The topological polar surface area (TPSA) is 70.9 Å². The van der Waals surface area contributed by atoms with Crippen molar-refractivity contribution in [2.24, 2.45) is 5.10 Å². The zero-order chi connectivity index (χ0) is 15.8. The Hall–Kier alpha value is -2.18. The molecule has 0 aliphatic carbocycles. The van der Waals surface area contributed by atoms with E-state index in [0.29, 0.717) is 6.61 Å². The molecule has 114 valence electrons. The van der Waals surface area contributed by atoms with Gasteiger partial charge < -0.3 is 9.84 Å². The molecule has 22 heavy (non-hydrogen) atoms. The summed E-state index contributed by atoms with van der Waals surface area (Å²) in [6, 6.07) is 15.2. The second-order valence-corrected chi connectivity index (χ2v) is 5.35. The van der Waals surface area contributed by atoms with Crippen LogP contribution < -0.4 is 10.2 Å². The highest BCUT2D eigenvalue weighted by Crippen LogP contribution is 2.16. The Kier molecular flexibility index (Phi) is 6.12. The van der Waals surface area contributed by atoms with Gasteiger partial charge in [-0.1, -0.05) is 28.1 Å². The summed E-state index contributed by atoms with van der Waals surface area (Å²) >= 11 is 3.42. The molecular formula is C16H15BrN2O3. The van der Waals surface area contributed by atoms with Crippen LogP contribution in [0.25, 0.3) is 0 Å². The van der Waals surface area contributed by atoms with Crippen molar-refractivity contribution >= 4 is 28.1 Å². The average Bonchev–Trinajstić information content (AvgIpc) is 2.54. The van der Waals surface area contributed by atoms with Gasteiger partial charge in [-0.3, -0.25) is 4.79 Å². The lowest BCUT2D eigenvalue weighted by Gasteiger charge is -2.06. The van der Waals surface area contributed by atoms with Crippen LogP contribution in [0.2, 0.25) is 0 Å². The first-order valence-corrected chi connectivity index (χ1v) is 7.37. The minimum atomic E-state index is -0.584. The number of carbonyl (C=O) groups excluding carboxylic acids is 1. The molecule has 0 saturated heterocycles. The largest absolute Gasteiger partial charge is 0.489 e. The number of amides is 1. The maximum atomic E-state index is 10.8. The number of hydrogen-bond donors (Lipinski definition) is 2. The monoisotopic (exact) mass is 362 g/mol. The SMILES string of the molecule is O=C(CO)N/N=C/c1ccc(OCc2cccc(Br)c2)cc1. The van der Waals surface area contributed by atoms with Crippen LogP contribution in [0.15, 0.2) is 58.1 Å². The van der Waals surface area contributed by atoms with Crippen LogP contribution in [-0.4, -0.2) is 23.8 Å². The molecule has 0 aliphatic heterocycles. The molecule has 0 unspecified atom stereocenters. The predicted octanol–water partition coefficient (Wildman–Crippen LogP) is 2.47. The van der Waals surface area contributed by atoms with E-state index in [4.69, 9.17) is 9.84 Å². The zero-order valence-electron chi connectivity index (χ0n) is 11.7. The molecule has 2 aromatic carbocycles. The van der Waals surface area contributed by atoms with Crippen molar-refractivity contribution in [3.05, 3.63) is 64.1 Å². The van der Waals surface area contributed by atoms with E-state index in [0.717, 1.165) is 21.3 Å². The number of nitrogens with zero attached hydrogens (tertiary/aromatic N) is 1. The van der Waals surface area contributed by atoms with Crippen molar-refractivity contribution in [3.8, 4) is 5.75 Å². The molecule has 1 amide bonds. The first-order valence-electron chi connectivity index (χ1n) is 6.57. The summed E-state index contributed by atoms with van der Waals surface area (Å²) in [5.74, 6) is 0.196. The van der Waals surface area contributed by atoms with Gasteiger partial charge in [0.2, 0.25) is 0 Å². The van der Waals surface area contributed by atoms with E-state index < -0.39 is 12.5 Å². The Labute approximate surface area is 136 Å². The molecule has 5 nitrogen and oxygen atoms in total. The van der Waals surface area contributed by atoms with E-state index in [-0.39, 0.29) is 0 Å². The van der Waals surface area contributed by atoms with Gasteiger partial charge in [-0.05, 0) is 47.5 Å². The summed E-state index contributed by atoms with van der Waals surface area (Å²) in [5.41, 5.74) is 4.08. The fraction of sp³-hybridized carbons (Fsp3) is 0.125. The van der Waals surface area contributed by atoms with Gasteiger partial charge in [0.1, 0.15) is 19.0 Å². The summed E-state index contributed by atoms with van der Waals surface area (Å²) in [4.78, 5) is 10.8. The Morgan fingerprint density at radius 3 is 2.73 bits per heavy atom. The molecule has 6 heteroatoms. The highest BCUT2D eigenvalue weighted by atomic mass is 79.9. The molecule has 0 spiro atoms. The summed E-state index contributed by atoms with van der Waals surface area (Å²) in [6.07, 6.45) is 1.49. The molecule has 2 rings (SSSR count). The van der Waals surface area contributed by atoms with Crippen LogP contribution in [-0.2, 0) is 11.4 Å². The lowest BCUT2D eigenvalue weighted by atomic mass is 10.2. The second kappa shape index (κ2) is 8.31. The lowest BCUT2D eigenvalue weighted by molar-refractivity contribution is -0.123. The number of carbonyl (C=O) groups is 1. The predicted molar refractivity (Wildman–Crippen MR) is 87.7 cm³/mol. The highest BCUT2D eigenvalue weighted by Gasteiger charge is 1.98. The first kappa shape index (κ1) is 16.2. The number of halogens is 1. The third kappa shape index (κ3) is 5.31. The number of nitrogens with one attached hydrogen (secondary N) is 1. The number of hydrazone groups is 1. The molecule has 0 aromatic heterocycles. The molecule has 0 fully saturated rings. The normalized spacial score (nSPS) is 10.6. The number of aliphatic hydroxyl groups excluding tert-OH is 1. The van der Waals surface area contributed by atoms with Crippen LogP contribution in [0.4, 0.5) is 0 Å². The van der Waals surface area contributed by atoms with E-state index in [1.54, 1.807) is 0 Å². The van der Waals surface area contributed by atoms with Crippen LogP contribution >= 0.6 is 15.9 Å². The van der Waals surface area contributed by atoms with Gasteiger partial charge >= 0.3 is 0 Å². The molecule has 0 atom stereocenters. The molecule has 2 N–H and O–H groups in total. The van der Waals surface area contributed by atoms with E-state index in [1.165, 1.54) is 6.21 Å². The van der Waals surface area contributed by atoms with Crippen molar-refractivity contribution in [3.63, 3.8) is 0 Å². The fourth-order valence-corrected chi connectivity index (χ4v) is 2.10. The summed E-state index contributed by atoms with van der Waals surface area (Å²) in [6.45, 7) is -0.0981. The van der Waals surface area contributed by atoms with E-state index in [2.05, 4.69) is 26.5 Å². The van der Waals surface area contributed by atoms with Gasteiger partial charge in [0, 0.05) is 4.47 Å². The van der Waals surface area contributed by atoms with Gasteiger partial charge in [0.15, 0.2) is 0 Å². The van der Waals surface area contributed by atoms with Gasteiger partial charge in [0.05, 0.1) is 6.21 Å². The number of rotatable bonds is 6. The number of ether oxygens (including phenoxy) is 1. The Balaban J connectivity index is 1.87. The van der Waals surface area contributed by atoms with E-state index in [1.807, 2.05) is 48.5 Å². The van der Waals surface area contributed by atoms with Crippen LogP contribution in [0.1, 0.15) is 11.1 Å². The lowest BCUT2D eigenvalue weighted by Crippen LogP contribution is -2.20. The number of benzene rings is 2. The third-order valence-electron chi connectivity index (χ3n) is 2.72. The summed E-state index contributed by atoms with van der Waals surface area (Å²) in [5, 5.41) is 12.2. The van der Waals surface area contributed by atoms with Crippen LogP contribution in [0, 0.1) is 0 Å². The Morgan fingerprint density at radius 1 is 1.27 bits per heavy atom. The fourth-order valence-electron chi connectivity index (χ4n) is 1.66. The minimum absolute atomic E-state index is 0.486. The van der Waals surface area contributed by atoms with E-state index in [9.17, 15) is 4.79 Å². The third-order valence-corrected chi connectivity index (χ3v) is 3.21. The number of aliphatic hydroxyl groups is 1. The standard InChI is InChI=1S/C16H15BrN2O3/c17-14-3-1-2-13(8-14)11-22-15-6-4-12(5-7-15)9-18-19-16(21)10-20/h1-9,20H,10-11H2,(H,19,21)/b18-9+. The van der Waals surface area contributed by atoms with Gasteiger partial charge in [0.25, 0.3) is 5.91 Å². The van der Waals surface area contributed by atoms with Crippen molar-refractivity contribution in [2.75, 3.05) is 6.61 Å². The minimum Gasteiger partial charge on any atom is -0.489 e. The van der Waals surface area contributed by atoms with E-state index >= 15 is 0 Å². The van der Waals surface area contributed by atoms with Crippen LogP contribution in [0.3, 0.4) is 0 Å². The molecule has 0 radical (unpaired) electrons. The first-order chi connectivity index (χ1) is 10.7. The molecule has 0 bridgehead atoms. The highest BCUT2D eigenvalue weighted by molar-refractivity contribution is 9.10. The maximum Gasteiger partial charge on any atom is 0.265 e. The Bertz CT molecular complexity index is 657. The Morgan fingerprint density at radius 2 is 2.05 bits per heavy atom. The molecule has 2 aromatic rings. The molecule has 0 saturated carbocycles. The van der Waals surface area contributed by atoms with Crippen molar-refractivity contribution in [1.29, 1.82) is 0 Å². The molecular weight excluding hydrogens is 348 g/mol. The smallest absolute Gasteiger partial charge is 0.265 e. The second-order valence-electron chi connectivity index (χ2n) is 4.44. The molecule has 0 aliphatic rings. The average molecular weight is 363 g/mol. The molecule has 0 heterocycles. The maximum absolute atomic E-state index is 10.8. The van der Waals surface area contributed by atoms with Gasteiger partial charge in [-0.2, -0.15) is 5.10 Å². The van der Waals surface area contributed by atoms with Crippen LogP contribution in [0.5, 0.6) is 5.75 Å². The van der Waals surface area contributed by atoms with Crippen molar-refractivity contribution in [1.82, 2.24) is 5.43 Å². The van der Waals surface area contributed by atoms with Crippen molar-refractivity contribution < 1.29 is 14.6 Å². The zero-order valence-corrected chi connectivity index (χ0v) is 13.3. The van der Waals surface area contributed by atoms with Gasteiger partial charge in [-0.15, -0.1) is 0 Å². The van der Waals surface area contributed by atoms with Crippen molar-refractivity contribution in [2.45, 2.75) is 6.61 Å². The summed E-state index contributed by atoms with van der Waals surface area (Å²) in [7, 11) is 0. The summed E-state index contributed by atoms with van der Waals surface area (Å²) < 4.78 is 6.71. The van der Waals surface area contributed by atoms with Gasteiger partial charge in [-0.25, -0.2) is 5.43 Å².